The summed E-state index contributed by atoms with van der Waals surface area (Å²) in [5.41, 5.74) is 0. The molecule has 1 aromatic carbocycles. The standard InChI is InChI=1S/C12H16ClNO2S/c1-8(7-15)14-12(16)9(2)17-11-6-4-3-5-10(11)13/h3-6,8-9,15H,7H2,1-2H3,(H,14,16). The van der Waals surface area contributed by atoms with E-state index in [2.05, 4.69) is 5.32 Å². The highest BCUT2D eigenvalue weighted by molar-refractivity contribution is 8.00. The van der Waals surface area contributed by atoms with Gasteiger partial charge in [-0.1, -0.05) is 23.7 Å². The molecule has 1 amide bonds. The van der Waals surface area contributed by atoms with Crippen LogP contribution in [-0.2, 0) is 4.79 Å². The number of aliphatic hydroxyl groups is 1. The van der Waals surface area contributed by atoms with Crippen molar-refractivity contribution in [3.63, 3.8) is 0 Å². The van der Waals surface area contributed by atoms with Gasteiger partial charge in [-0.15, -0.1) is 11.8 Å². The first-order chi connectivity index (χ1) is 8.04. The van der Waals surface area contributed by atoms with E-state index >= 15 is 0 Å². The zero-order valence-corrected chi connectivity index (χ0v) is 11.4. The van der Waals surface area contributed by atoms with Gasteiger partial charge in [-0.05, 0) is 26.0 Å². The van der Waals surface area contributed by atoms with Crippen molar-refractivity contribution >= 4 is 29.3 Å². The average molecular weight is 274 g/mol. The van der Waals surface area contributed by atoms with Crippen LogP contribution in [0.2, 0.25) is 5.02 Å². The Morgan fingerprint density at radius 3 is 2.71 bits per heavy atom. The zero-order valence-electron chi connectivity index (χ0n) is 9.81. The Balaban J connectivity index is 2.57. The van der Waals surface area contributed by atoms with Crippen LogP contribution in [-0.4, -0.2) is 28.9 Å². The minimum absolute atomic E-state index is 0.0603. The first-order valence-corrected chi connectivity index (χ1v) is 6.62. The Bertz CT molecular complexity index is 387. The number of carbonyl (C=O) groups excluding carboxylic acids is 1. The van der Waals surface area contributed by atoms with Crippen molar-refractivity contribution in [3.05, 3.63) is 29.3 Å². The topological polar surface area (TPSA) is 49.3 Å². The second-order valence-electron chi connectivity index (χ2n) is 3.78. The van der Waals surface area contributed by atoms with E-state index < -0.39 is 0 Å². The fraction of sp³-hybridized carbons (Fsp3) is 0.417. The van der Waals surface area contributed by atoms with Gasteiger partial charge in [0.25, 0.3) is 0 Å². The number of thioether (sulfide) groups is 1. The number of hydrogen-bond donors (Lipinski definition) is 2. The van der Waals surface area contributed by atoms with E-state index in [1.54, 1.807) is 13.0 Å². The minimum atomic E-state index is -0.246. The van der Waals surface area contributed by atoms with Crippen molar-refractivity contribution < 1.29 is 9.90 Å². The fourth-order valence-electron chi connectivity index (χ4n) is 1.19. The highest BCUT2D eigenvalue weighted by Crippen LogP contribution is 2.29. The van der Waals surface area contributed by atoms with Gasteiger partial charge in [0.05, 0.1) is 16.9 Å². The Kier molecular flexibility index (Phi) is 5.82. The number of halogens is 1. The lowest BCUT2D eigenvalue weighted by molar-refractivity contribution is -0.121. The van der Waals surface area contributed by atoms with Crippen molar-refractivity contribution in [1.29, 1.82) is 0 Å². The van der Waals surface area contributed by atoms with E-state index in [4.69, 9.17) is 16.7 Å². The SMILES string of the molecule is CC(CO)NC(=O)C(C)Sc1ccccc1Cl. The molecule has 0 saturated carbocycles. The number of carbonyl (C=O) groups is 1. The quantitative estimate of drug-likeness (QED) is 0.810. The molecule has 0 aliphatic rings. The summed E-state index contributed by atoms with van der Waals surface area (Å²) in [6.45, 7) is 3.51. The Morgan fingerprint density at radius 1 is 1.47 bits per heavy atom. The van der Waals surface area contributed by atoms with Crippen molar-refractivity contribution in [2.45, 2.75) is 30.0 Å². The van der Waals surface area contributed by atoms with Crippen molar-refractivity contribution in [2.75, 3.05) is 6.61 Å². The Hall–Kier alpha value is -0.710. The first-order valence-electron chi connectivity index (χ1n) is 5.37. The lowest BCUT2D eigenvalue weighted by atomic mass is 10.3. The second kappa shape index (κ2) is 6.89. The molecule has 0 saturated heterocycles. The van der Waals surface area contributed by atoms with Gasteiger partial charge in [0, 0.05) is 10.9 Å². The van der Waals surface area contributed by atoms with Crippen LogP contribution in [0.4, 0.5) is 0 Å². The summed E-state index contributed by atoms with van der Waals surface area (Å²) in [7, 11) is 0. The molecule has 0 aliphatic carbocycles. The Labute approximate surface area is 111 Å². The first kappa shape index (κ1) is 14.4. The number of aliphatic hydroxyl groups excluding tert-OH is 1. The van der Waals surface area contributed by atoms with E-state index in [1.165, 1.54) is 11.8 Å². The van der Waals surface area contributed by atoms with E-state index in [0.717, 1.165) is 4.90 Å². The van der Waals surface area contributed by atoms with Gasteiger partial charge in [-0.25, -0.2) is 0 Å². The summed E-state index contributed by atoms with van der Waals surface area (Å²) in [6.07, 6.45) is 0. The van der Waals surface area contributed by atoms with Crippen LogP contribution in [0, 0.1) is 0 Å². The van der Waals surface area contributed by atoms with Crippen molar-refractivity contribution in [3.8, 4) is 0 Å². The average Bonchev–Trinajstić information content (AvgIpc) is 2.31. The van der Waals surface area contributed by atoms with Gasteiger partial charge in [0.1, 0.15) is 0 Å². The molecule has 0 fully saturated rings. The molecule has 94 valence electrons. The molecule has 2 atom stereocenters. The predicted molar refractivity (Wildman–Crippen MR) is 71.5 cm³/mol. The summed E-state index contributed by atoms with van der Waals surface area (Å²) < 4.78 is 0. The highest BCUT2D eigenvalue weighted by atomic mass is 35.5. The maximum atomic E-state index is 11.7. The third-order valence-corrected chi connectivity index (χ3v) is 3.79. The van der Waals surface area contributed by atoms with Gasteiger partial charge in [-0.3, -0.25) is 4.79 Å². The summed E-state index contributed by atoms with van der Waals surface area (Å²) in [6, 6.07) is 7.19. The second-order valence-corrected chi connectivity index (χ2v) is 5.57. The van der Waals surface area contributed by atoms with Gasteiger partial charge in [0.15, 0.2) is 0 Å². The van der Waals surface area contributed by atoms with Crippen LogP contribution in [0.25, 0.3) is 0 Å². The van der Waals surface area contributed by atoms with Gasteiger partial charge in [0.2, 0.25) is 5.91 Å². The van der Waals surface area contributed by atoms with Crippen molar-refractivity contribution in [1.82, 2.24) is 5.32 Å². The molecule has 0 spiro atoms. The number of benzene rings is 1. The number of amides is 1. The molecule has 0 heterocycles. The fourth-order valence-corrected chi connectivity index (χ4v) is 2.35. The molecule has 0 radical (unpaired) electrons. The van der Waals surface area contributed by atoms with E-state index in [9.17, 15) is 4.79 Å². The maximum absolute atomic E-state index is 11.7. The van der Waals surface area contributed by atoms with Gasteiger partial charge < -0.3 is 10.4 Å². The monoisotopic (exact) mass is 273 g/mol. The van der Waals surface area contributed by atoms with Crippen LogP contribution in [0.15, 0.2) is 29.2 Å². The van der Waals surface area contributed by atoms with Crippen molar-refractivity contribution in [2.24, 2.45) is 0 Å². The maximum Gasteiger partial charge on any atom is 0.233 e. The van der Waals surface area contributed by atoms with E-state index in [1.807, 2.05) is 25.1 Å². The summed E-state index contributed by atoms with van der Waals surface area (Å²) in [5, 5.41) is 12.0. The summed E-state index contributed by atoms with van der Waals surface area (Å²) >= 11 is 7.42. The van der Waals surface area contributed by atoms with E-state index in [0.29, 0.717) is 5.02 Å². The molecule has 0 bridgehead atoms. The number of rotatable bonds is 5. The zero-order chi connectivity index (χ0) is 12.8. The summed E-state index contributed by atoms with van der Waals surface area (Å²) in [4.78, 5) is 12.6. The van der Waals surface area contributed by atoms with Crippen LogP contribution >= 0.6 is 23.4 Å². The molecule has 5 heteroatoms. The molecule has 1 rings (SSSR count). The number of hydrogen-bond acceptors (Lipinski definition) is 3. The van der Waals surface area contributed by atoms with E-state index in [-0.39, 0.29) is 23.8 Å². The molecular weight excluding hydrogens is 258 g/mol. The van der Waals surface area contributed by atoms with Crippen LogP contribution < -0.4 is 5.32 Å². The largest absolute Gasteiger partial charge is 0.394 e. The number of nitrogens with one attached hydrogen (secondary N) is 1. The molecule has 1 aromatic rings. The molecule has 17 heavy (non-hydrogen) atoms. The molecule has 2 unspecified atom stereocenters. The lowest BCUT2D eigenvalue weighted by Gasteiger charge is -2.15. The predicted octanol–water partition coefficient (Wildman–Crippen LogP) is 2.32. The third-order valence-electron chi connectivity index (χ3n) is 2.17. The summed E-state index contributed by atoms with van der Waals surface area (Å²) in [5.74, 6) is -0.100. The molecule has 3 nitrogen and oxygen atoms in total. The lowest BCUT2D eigenvalue weighted by Crippen LogP contribution is -2.39. The van der Waals surface area contributed by atoms with Gasteiger partial charge >= 0.3 is 0 Å². The van der Waals surface area contributed by atoms with Gasteiger partial charge in [-0.2, -0.15) is 0 Å². The van der Waals surface area contributed by atoms with Crippen LogP contribution in [0.5, 0.6) is 0 Å². The Morgan fingerprint density at radius 2 is 2.12 bits per heavy atom. The highest BCUT2D eigenvalue weighted by Gasteiger charge is 2.17. The third kappa shape index (κ3) is 4.58. The molecule has 2 N–H and O–H groups in total. The molecule has 0 aromatic heterocycles. The molecule has 0 aliphatic heterocycles. The van der Waals surface area contributed by atoms with Crippen LogP contribution in [0.3, 0.4) is 0 Å². The van der Waals surface area contributed by atoms with Crippen LogP contribution in [0.1, 0.15) is 13.8 Å². The smallest absolute Gasteiger partial charge is 0.233 e. The normalized spacial score (nSPS) is 14.1. The molecular formula is C12H16ClNO2S. The minimum Gasteiger partial charge on any atom is -0.394 e.